The van der Waals surface area contributed by atoms with Crippen LogP contribution in [0.5, 0.6) is 23.0 Å². The molecule has 1 heterocycles. The SMILES string of the molecule is CCOc1ccc(NC2=C(c3ccc(OC)c(OC)c3)C(=O)N(CC)C2=O)cc1OCC. The fraction of sp³-hybridized carbons (Fsp3) is 0.333. The summed E-state index contributed by atoms with van der Waals surface area (Å²) in [7, 11) is 3.05. The zero-order valence-electron chi connectivity index (χ0n) is 19.0. The summed E-state index contributed by atoms with van der Waals surface area (Å²) in [6, 6.07) is 10.4. The molecule has 2 aromatic rings. The molecule has 32 heavy (non-hydrogen) atoms. The van der Waals surface area contributed by atoms with Crippen molar-refractivity contribution in [3.63, 3.8) is 0 Å². The summed E-state index contributed by atoms with van der Waals surface area (Å²) in [6.07, 6.45) is 0. The van der Waals surface area contributed by atoms with E-state index < -0.39 is 5.91 Å². The molecule has 0 saturated heterocycles. The van der Waals surface area contributed by atoms with Gasteiger partial charge in [-0.15, -0.1) is 0 Å². The number of ether oxygens (including phenoxy) is 4. The Morgan fingerprint density at radius 2 is 1.44 bits per heavy atom. The first kappa shape index (κ1) is 23.0. The molecule has 0 saturated carbocycles. The Labute approximate surface area is 187 Å². The average molecular weight is 440 g/mol. The van der Waals surface area contributed by atoms with E-state index in [2.05, 4.69) is 5.32 Å². The number of rotatable bonds is 10. The number of imide groups is 1. The molecule has 1 aliphatic rings. The number of hydrogen-bond acceptors (Lipinski definition) is 7. The Morgan fingerprint density at radius 1 is 0.781 bits per heavy atom. The molecule has 0 spiro atoms. The molecule has 0 radical (unpaired) electrons. The summed E-state index contributed by atoms with van der Waals surface area (Å²) in [5.74, 6) is 1.39. The molecule has 170 valence electrons. The second-order valence-electron chi connectivity index (χ2n) is 6.83. The van der Waals surface area contributed by atoms with E-state index in [1.165, 1.54) is 19.1 Å². The minimum Gasteiger partial charge on any atom is -0.493 e. The number of amides is 2. The topological polar surface area (TPSA) is 86.3 Å². The summed E-state index contributed by atoms with van der Waals surface area (Å²) >= 11 is 0. The number of methoxy groups -OCH3 is 2. The third-order valence-electron chi connectivity index (χ3n) is 4.97. The van der Waals surface area contributed by atoms with E-state index in [9.17, 15) is 9.59 Å². The van der Waals surface area contributed by atoms with E-state index in [1.807, 2.05) is 13.8 Å². The van der Waals surface area contributed by atoms with Crippen molar-refractivity contribution in [3.8, 4) is 23.0 Å². The third kappa shape index (κ3) is 4.34. The molecule has 2 amide bonds. The van der Waals surface area contributed by atoms with Gasteiger partial charge in [-0.3, -0.25) is 14.5 Å². The first-order valence-electron chi connectivity index (χ1n) is 10.5. The highest BCUT2D eigenvalue weighted by Crippen LogP contribution is 2.37. The largest absolute Gasteiger partial charge is 0.493 e. The first-order valence-corrected chi connectivity index (χ1v) is 10.5. The fourth-order valence-corrected chi connectivity index (χ4v) is 3.51. The van der Waals surface area contributed by atoms with Gasteiger partial charge in [-0.2, -0.15) is 0 Å². The molecular weight excluding hydrogens is 412 g/mol. The van der Waals surface area contributed by atoms with Gasteiger partial charge in [0.05, 0.1) is 33.0 Å². The Bertz CT molecular complexity index is 1050. The molecule has 0 atom stereocenters. The van der Waals surface area contributed by atoms with E-state index in [4.69, 9.17) is 18.9 Å². The van der Waals surface area contributed by atoms with Crippen LogP contribution in [0.1, 0.15) is 26.3 Å². The molecular formula is C24H28N2O6. The van der Waals surface area contributed by atoms with Crippen LogP contribution in [0, 0.1) is 0 Å². The number of carbonyl (C=O) groups excluding carboxylic acids is 2. The maximum Gasteiger partial charge on any atom is 0.278 e. The number of carbonyl (C=O) groups is 2. The van der Waals surface area contributed by atoms with E-state index in [1.54, 1.807) is 43.3 Å². The molecule has 3 rings (SSSR count). The second-order valence-corrected chi connectivity index (χ2v) is 6.83. The van der Waals surface area contributed by atoms with Crippen LogP contribution < -0.4 is 24.3 Å². The molecule has 0 aromatic heterocycles. The van der Waals surface area contributed by atoms with Gasteiger partial charge in [0.15, 0.2) is 23.0 Å². The normalized spacial score (nSPS) is 13.5. The molecule has 0 aliphatic carbocycles. The maximum atomic E-state index is 13.1. The van der Waals surface area contributed by atoms with E-state index >= 15 is 0 Å². The lowest BCUT2D eigenvalue weighted by Gasteiger charge is -2.15. The van der Waals surface area contributed by atoms with Gasteiger partial charge in [0, 0.05) is 18.3 Å². The minimum absolute atomic E-state index is 0.190. The average Bonchev–Trinajstić information content (AvgIpc) is 3.03. The molecule has 0 fully saturated rings. The lowest BCUT2D eigenvalue weighted by atomic mass is 10.0. The highest BCUT2D eigenvalue weighted by molar-refractivity contribution is 6.36. The van der Waals surface area contributed by atoms with Crippen LogP contribution in [0.15, 0.2) is 42.1 Å². The Hall–Kier alpha value is -3.68. The molecule has 1 N–H and O–H groups in total. The molecule has 0 unspecified atom stereocenters. The van der Waals surface area contributed by atoms with Gasteiger partial charge in [-0.1, -0.05) is 6.07 Å². The number of anilines is 1. The van der Waals surface area contributed by atoms with Crippen LogP contribution in [-0.4, -0.2) is 50.7 Å². The number of benzene rings is 2. The van der Waals surface area contributed by atoms with Gasteiger partial charge in [-0.25, -0.2) is 0 Å². The Kier molecular flexibility index (Phi) is 7.25. The van der Waals surface area contributed by atoms with Crippen LogP contribution in [0.2, 0.25) is 0 Å². The fourth-order valence-electron chi connectivity index (χ4n) is 3.51. The van der Waals surface area contributed by atoms with Crippen molar-refractivity contribution in [2.24, 2.45) is 0 Å². The van der Waals surface area contributed by atoms with Crippen molar-refractivity contribution < 1.29 is 28.5 Å². The molecule has 8 nitrogen and oxygen atoms in total. The summed E-state index contributed by atoms with van der Waals surface area (Å²) < 4.78 is 21.9. The second kappa shape index (κ2) is 10.1. The van der Waals surface area contributed by atoms with Crippen LogP contribution >= 0.6 is 0 Å². The summed E-state index contributed by atoms with van der Waals surface area (Å²) in [6.45, 7) is 6.75. The maximum absolute atomic E-state index is 13.1. The number of likely N-dealkylation sites (N-methyl/N-ethyl adjacent to an activating group) is 1. The highest BCUT2D eigenvalue weighted by atomic mass is 16.5. The van der Waals surface area contributed by atoms with Crippen molar-refractivity contribution in [3.05, 3.63) is 47.7 Å². The van der Waals surface area contributed by atoms with Crippen molar-refractivity contribution in [1.82, 2.24) is 4.90 Å². The van der Waals surface area contributed by atoms with E-state index in [0.29, 0.717) is 47.5 Å². The molecule has 1 aliphatic heterocycles. The minimum atomic E-state index is -0.394. The number of hydrogen-bond donors (Lipinski definition) is 1. The van der Waals surface area contributed by atoms with Gasteiger partial charge >= 0.3 is 0 Å². The van der Waals surface area contributed by atoms with Gasteiger partial charge in [0.2, 0.25) is 0 Å². The highest BCUT2D eigenvalue weighted by Gasteiger charge is 2.38. The van der Waals surface area contributed by atoms with E-state index in [0.717, 1.165) is 0 Å². The zero-order chi connectivity index (χ0) is 23.3. The number of nitrogens with zero attached hydrogens (tertiary/aromatic N) is 1. The monoisotopic (exact) mass is 440 g/mol. The standard InChI is InChI=1S/C24H28N2O6/c1-6-26-23(27)21(15-9-11-17(29-4)19(13-15)30-5)22(24(26)28)25-16-10-12-18(31-7-2)20(14-16)32-8-3/h9-14,25H,6-8H2,1-5H3. The van der Waals surface area contributed by atoms with Crippen molar-refractivity contribution in [2.45, 2.75) is 20.8 Å². The lowest BCUT2D eigenvalue weighted by molar-refractivity contribution is -0.136. The van der Waals surface area contributed by atoms with Crippen LogP contribution in [0.25, 0.3) is 5.57 Å². The van der Waals surface area contributed by atoms with Gasteiger partial charge in [-0.05, 0) is 50.6 Å². The Balaban J connectivity index is 2.08. The van der Waals surface area contributed by atoms with Crippen LogP contribution in [0.3, 0.4) is 0 Å². The van der Waals surface area contributed by atoms with Crippen molar-refractivity contribution >= 4 is 23.1 Å². The van der Waals surface area contributed by atoms with Crippen molar-refractivity contribution in [1.29, 1.82) is 0 Å². The van der Waals surface area contributed by atoms with Gasteiger partial charge < -0.3 is 24.3 Å². The van der Waals surface area contributed by atoms with Gasteiger partial charge in [0.25, 0.3) is 11.8 Å². The van der Waals surface area contributed by atoms with Crippen LogP contribution in [0.4, 0.5) is 5.69 Å². The lowest BCUT2D eigenvalue weighted by Crippen LogP contribution is -2.32. The van der Waals surface area contributed by atoms with Crippen LogP contribution in [-0.2, 0) is 9.59 Å². The van der Waals surface area contributed by atoms with E-state index in [-0.39, 0.29) is 23.7 Å². The molecule has 8 heteroatoms. The summed E-state index contributed by atoms with van der Waals surface area (Å²) in [5, 5.41) is 3.13. The quantitative estimate of drug-likeness (QED) is 0.564. The summed E-state index contributed by atoms with van der Waals surface area (Å²) in [5.41, 5.74) is 1.61. The Morgan fingerprint density at radius 3 is 2.06 bits per heavy atom. The van der Waals surface area contributed by atoms with Crippen molar-refractivity contribution in [2.75, 3.05) is 39.3 Å². The first-order chi connectivity index (χ1) is 15.5. The summed E-state index contributed by atoms with van der Waals surface area (Å²) in [4.78, 5) is 27.4. The predicted octanol–water partition coefficient (Wildman–Crippen LogP) is 3.71. The predicted molar refractivity (Wildman–Crippen MR) is 121 cm³/mol. The molecule has 0 bridgehead atoms. The zero-order valence-corrected chi connectivity index (χ0v) is 19.0. The van der Waals surface area contributed by atoms with Gasteiger partial charge in [0.1, 0.15) is 5.70 Å². The molecule has 2 aromatic carbocycles. The third-order valence-corrected chi connectivity index (χ3v) is 4.97. The number of nitrogens with one attached hydrogen (secondary N) is 1. The smallest absolute Gasteiger partial charge is 0.278 e.